The quantitative estimate of drug-likeness (QED) is 0.273. The summed E-state index contributed by atoms with van der Waals surface area (Å²) >= 11 is 0. The third kappa shape index (κ3) is 3.00. The van der Waals surface area contributed by atoms with Crippen molar-refractivity contribution in [3.63, 3.8) is 0 Å². The van der Waals surface area contributed by atoms with E-state index in [1.54, 1.807) is 12.1 Å². The number of aliphatic hydroxyl groups is 3. The van der Waals surface area contributed by atoms with Gasteiger partial charge < -0.3 is 35.2 Å². The molecule has 1 aromatic rings. The SMILES string of the molecule is COc1ccc([C@@H]2SS[C@@]34C[C@]5(O)[C@H](O)C=C[C@@H](O)[C@@H]5ON3C(=O)[C@@H]2NC4=O)c(O)c1OC. The number of hydrogen-bond acceptors (Lipinski definition) is 11. The van der Waals surface area contributed by atoms with Crippen LogP contribution in [0.3, 0.4) is 0 Å². The van der Waals surface area contributed by atoms with Gasteiger partial charge in [-0.15, -0.1) is 0 Å². The van der Waals surface area contributed by atoms with Gasteiger partial charge in [-0.25, -0.2) is 0 Å². The molecule has 4 heterocycles. The largest absolute Gasteiger partial charge is 0.504 e. The highest BCUT2D eigenvalue weighted by atomic mass is 33.1. The first-order chi connectivity index (χ1) is 15.7. The van der Waals surface area contributed by atoms with Crippen LogP contribution in [-0.2, 0) is 14.4 Å². The van der Waals surface area contributed by atoms with Crippen LogP contribution >= 0.6 is 21.6 Å². The molecule has 2 bridgehead atoms. The summed E-state index contributed by atoms with van der Waals surface area (Å²) in [5.74, 6) is -1.05. The lowest BCUT2D eigenvalue weighted by Crippen LogP contribution is -2.77. The maximum Gasteiger partial charge on any atom is 0.272 e. The average Bonchev–Trinajstić information content (AvgIpc) is 2.99. The summed E-state index contributed by atoms with van der Waals surface area (Å²) in [5.41, 5.74) is -1.67. The number of aliphatic hydroxyl groups excluding tert-OH is 2. The van der Waals surface area contributed by atoms with Crippen LogP contribution in [0.1, 0.15) is 17.2 Å². The van der Waals surface area contributed by atoms with Gasteiger partial charge >= 0.3 is 0 Å². The van der Waals surface area contributed by atoms with E-state index < -0.39 is 51.9 Å². The van der Waals surface area contributed by atoms with Crippen LogP contribution in [0.4, 0.5) is 0 Å². The second-order valence-electron chi connectivity index (χ2n) is 8.22. The summed E-state index contributed by atoms with van der Waals surface area (Å²) in [6.45, 7) is 0. The lowest BCUT2D eigenvalue weighted by Gasteiger charge is -2.56. The Morgan fingerprint density at radius 1 is 1.21 bits per heavy atom. The Hall–Kier alpha value is -2.16. The van der Waals surface area contributed by atoms with Crippen molar-refractivity contribution in [3.8, 4) is 17.2 Å². The fourth-order valence-electron chi connectivity index (χ4n) is 4.69. The van der Waals surface area contributed by atoms with Crippen LogP contribution in [0.2, 0.25) is 0 Å². The molecular weight excluding hydrogens is 476 g/mol. The topological polar surface area (TPSA) is 158 Å². The van der Waals surface area contributed by atoms with Crippen molar-refractivity contribution >= 4 is 33.4 Å². The number of carbonyl (C=O) groups is 2. The molecule has 4 aliphatic heterocycles. The van der Waals surface area contributed by atoms with Crippen molar-refractivity contribution in [2.75, 3.05) is 14.2 Å². The van der Waals surface area contributed by atoms with Gasteiger partial charge in [0.15, 0.2) is 11.5 Å². The van der Waals surface area contributed by atoms with Crippen LogP contribution < -0.4 is 14.8 Å². The minimum absolute atomic E-state index is 0.0861. The molecule has 6 rings (SSSR count). The number of phenols is 1. The van der Waals surface area contributed by atoms with E-state index in [0.29, 0.717) is 11.3 Å². The molecule has 4 saturated heterocycles. The molecule has 1 spiro atoms. The molecule has 5 N–H and O–H groups in total. The molecule has 2 amide bonds. The highest BCUT2D eigenvalue weighted by molar-refractivity contribution is 8.77. The number of piperazine rings is 1. The average molecular weight is 499 g/mol. The Labute approximate surface area is 196 Å². The van der Waals surface area contributed by atoms with Crippen LogP contribution in [-0.4, -0.2) is 86.3 Å². The Kier molecular flexibility index (Phi) is 5.27. The maximum absolute atomic E-state index is 13.5. The highest BCUT2D eigenvalue weighted by Crippen LogP contribution is 2.61. The van der Waals surface area contributed by atoms with E-state index in [-0.39, 0.29) is 17.9 Å². The van der Waals surface area contributed by atoms with Gasteiger partial charge in [-0.05, 0) is 6.07 Å². The summed E-state index contributed by atoms with van der Waals surface area (Å²) in [6, 6.07) is 2.05. The third-order valence-corrected chi connectivity index (χ3v) is 9.77. The first-order valence-corrected chi connectivity index (χ1v) is 12.3. The zero-order chi connectivity index (χ0) is 23.7. The number of benzene rings is 1. The first kappa shape index (κ1) is 22.6. The summed E-state index contributed by atoms with van der Waals surface area (Å²) in [6.07, 6.45) is -1.92. The zero-order valence-electron chi connectivity index (χ0n) is 17.5. The fraction of sp³-hybridized carbons (Fsp3) is 0.500. The van der Waals surface area contributed by atoms with Crippen LogP contribution in [0.15, 0.2) is 24.3 Å². The van der Waals surface area contributed by atoms with Gasteiger partial charge in [0.25, 0.3) is 11.8 Å². The van der Waals surface area contributed by atoms with Crippen LogP contribution in [0.5, 0.6) is 17.2 Å². The van der Waals surface area contributed by atoms with Crippen LogP contribution in [0, 0.1) is 0 Å². The standard InChI is InChI=1S/C20H22N2O9S2/c1-29-10-5-3-8(13(25)14(10)30-2)15-12-17(26)22-20(33-32-15,18(27)21-12)7-19(28)11(24)6-4-9(23)16(19)31-22/h3-6,9,11-12,15-16,23-25,28H,7H2,1-2H3,(H,21,27)/t9-,11-,12-,15+,16+,19+,20-/m1/s1. The lowest BCUT2D eigenvalue weighted by molar-refractivity contribution is -0.326. The third-order valence-electron chi connectivity index (χ3n) is 6.43. The molecule has 5 aliphatic rings. The Balaban J connectivity index is 1.58. The Morgan fingerprint density at radius 2 is 1.97 bits per heavy atom. The van der Waals surface area contributed by atoms with Gasteiger partial charge in [-0.1, -0.05) is 39.8 Å². The molecule has 0 unspecified atom stereocenters. The predicted octanol–water partition coefficient (Wildman–Crippen LogP) is -0.405. The second kappa shape index (κ2) is 7.68. The Morgan fingerprint density at radius 3 is 2.67 bits per heavy atom. The molecule has 33 heavy (non-hydrogen) atoms. The molecule has 0 radical (unpaired) electrons. The summed E-state index contributed by atoms with van der Waals surface area (Å²) in [5, 5.41) is 45.7. The molecule has 0 saturated carbocycles. The number of ether oxygens (including phenoxy) is 2. The normalized spacial score (nSPS) is 39.4. The molecule has 1 aliphatic carbocycles. The van der Waals surface area contributed by atoms with E-state index in [0.717, 1.165) is 26.7 Å². The molecule has 178 valence electrons. The number of phenolic OH excluding ortho intramolecular Hbond substituents is 1. The van der Waals surface area contributed by atoms with E-state index in [2.05, 4.69) is 5.32 Å². The van der Waals surface area contributed by atoms with E-state index >= 15 is 0 Å². The van der Waals surface area contributed by atoms with Crippen molar-refractivity contribution < 1.29 is 44.3 Å². The molecule has 1 aromatic carbocycles. The molecule has 7 atom stereocenters. The summed E-state index contributed by atoms with van der Waals surface area (Å²) < 4.78 is 10.5. The van der Waals surface area contributed by atoms with Crippen molar-refractivity contribution in [1.82, 2.24) is 10.4 Å². The number of aromatic hydroxyl groups is 1. The number of rotatable bonds is 3. The number of nitrogens with zero attached hydrogens (tertiary/aromatic N) is 1. The van der Waals surface area contributed by atoms with Gasteiger partial charge in [0.2, 0.25) is 10.6 Å². The number of amides is 2. The smallest absolute Gasteiger partial charge is 0.272 e. The van der Waals surface area contributed by atoms with E-state index in [1.807, 2.05) is 0 Å². The maximum atomic E-state index is 13.5. The van der Waals surface area contributed by atoms with Crippen LogP contribution in [0.25, 0.3) is 0 Å². The summed E-state index contributed by atoms with van der Waals surface area (Å²) in [7, 11) is 4.93. The van der Waals surface area contributed by atoms with Gasteiger partial charge in [0.05, 0.1) is 19.5 Å². The van der Waals surface area contributed by atoms with Gasteiger partial charge in [-0.3, -0.25) is 14.4 Å². The zero-order valence-corrected chi connectivity index (χ0v) is 19.1. The van der Waals surface area contributed by atoms with E-state index in [9.17, 15) is 30.0 Å². The van der Waals surface area contributed by atoms with Crippen molar-refractivity contribution in [2.45, 2.75) is 46.5 Å². The number of fused-ring (bicyclic) bond motifs is 4. The molecule has 11 nitrogen and oxygen atoms in total. The molecule has 13 heteroatoms. The molecule has 4 fully saturated rings. The minimum atomic E-state index is -2.01. The van der Waals surface area contributed by atoms with Gasteiger partial charge in [-0.2, -0.15) is 5.06 Å². The number of nitrogens with one attached hydrogen (secondary N) is 1. The second-order valence-corrected chi connectivity index (χ2v) is 10.8. The highest BCUT2D eigenvalue weighted by Gasteiger charge is 2.69. The number of hydrogen-bond donors (Lipinski definition) is 5. The molecular formula is C20H22N2O9S2. The monoisotopic (exact) mass is 498 g/mol. The summed E-state index contributed by atoms with van der Waals surface area (Å²) in [4.78, 5) is 30.8. The first-order valence-electron chi connectivity index (χ1n) is 10.0. The fourth-order valence-corrected chi connectivity index (χ4v) is 8.21. The minimum Gasteiger partial charge on any atom is -0.504 e. The number of methoxy groups -OCH3 is 2. The van der Waals surface area contributed by atoms with Gasteiger partial charge in [0, 0.05) is 12.0 Å². The van der Waals surface area contributed by atoms with Crippen molar-refractivity contribution in [2.24, 2.45) is 0 Å². The van der Waals surface area contributed by atoms with Gasteiger partial charge in [0.1, 0.15) is 30.0 Å². The predicted molar refractivity (Wildman–Crippen MR) is 116 cm³/mol. The van der Waals surface area contributed by atoms with Crippen molar-refractivity contribution in [1.29, 1.82) is 0 Å². The van der Waals surface area contributed by atoms with E-state index in [4.69, 9.17) is 14.3 Å². The van der Waals surface area contributed by atoms with Crippen molar-refractivity contribution in [3.05, 3.63) is 29.8 Å². The Bertz CT molecular complexity index is 1050. The lowest BCUT2D eigenvalue weighted by atomic mass is 9.76. The number of hydroxylamine groups is 2. The molecule has 0 aromatic heterocycles. The van der Waals surface area contributed by atoms with E-state index in [1.165, 1.54) is 26.4 Å². The number of carbonyl (C=O) groups excluding carboxylic acids is 2.